The van der Waals surface area contributed by atoms with E-state index in [2.05, 4.69) is 0 Å². The number of carbonyl (C=O) groups excluding carboxylic acids is 2. The highest BCUT2D eigenvalue weighted by Gasteiger charge is 2.22. The normalized spacial score (nSPS) is 11.0. The predicted octanol–water partition coefficient (Wildman–Crippen LogP) is 3.79. The average molecular weight is 326 g/mol. The van der Waals surface area contributed by atoms with E-state index in [4.69, 9.17) is 10.5 Å². The van der Waals surface area contributed by atoms with Crippen molar-refractivity contribution in [3.05, 3.63) is 60.2 Å². The Kier molecular flexibility index (Phi) is 5.24. The molecule has 0 saturated heterocycles. The smallest absolute Gasteiger partial charge is 0.405 e. The number of benzene rings is 2. The van der Waals surface area contributed by atoms with Gasteiger partial charge in [-0.1, -0.05) is 30.3 Å². The summed E-state index contributed by atoms with van der Waals surface area (Å²) < 4.78 is 5.10. The maximum absolute atomic E-state index is 12.0. The second-order valence-electron chi connectivity index (χ2n) is 6.21. The van der Waals surface area contributed by atoms with Crippen molar-refractivity contribution >= 4 is 23.4 Å². The number of amides is 2. The number of para-hydroxylation sites is 1. The van der Waals surface area contributed by atoms with Gasteiger partial charge in [-0.15, -0.1) is 0 Å². The third-order valence-corrected chi connectivity index (χ3v) is 3.53. The summed E-state index contributed by atoms with van der Waals surface area (Å²) in [4.78, 5) is 24.6. The molecule has 0 aliphatic rings. The van der Waals surface area contributed by atoms with Crippen LogP contribution in [0.2, 0.25) is 0 Å². The number of hydrogen-bond acceptors (Lipinski definition) is 3. The summed E-state index contributed by atoms with van der Waals surface area (Å²) in [5, 5.41) is 0. The number of primary amides is 1. The molecule has 0 bridgehead atoms. The first kappa shape index (κ1) is 17.5. The number of nitrogens with zero attached hydrogens (tertiary/aromatic N) is 1. The van der Waals surface area contributed by atoms with E-state index in [-0.39, 0.29) is 5.91 Å². The summed E-state index contributed by atoms with van der Waals surface area (Å²) in [5.41, 5.74) is 6.99. The van der Waals surface area contributed by atoms with E-state index in [1.54, 1.807) is 18.7 Å². The largest absolute Gasteiger partial charge is 0.443 e. The van der Waals surface area contributed by atoms with Gasteiger partial charge in [-0.05, 0) is 43.7 Å². The summed E-state index contributed by atoms with van der Waals surface area (Å²) in [6.45, 7) is 5.14. The van der Waals surface area contributed by atoms with Gasteiger partial charge in [0, 0.05) is 24.7 Å². The molecule has 5 nitrogen and oxygen atoms in total. The molecule has 0 fully saturated rings. The average Bonchev–Trinajstić information content (AvgIpc) is 2.48. The molecule has 0 unspecified atom stereocenters. The highest BCUT2D eigenvalue weighted by Crippen LogP contribution is 2.27. The Balaban J connectivity index is 2.21. The molecule has 0 saturated carbocycles. The van der Waals surface area contributed by atoms with Crippen molar-refractivity contribution < 1.29 is 14.3 Å². The van der Waals surface area contributed by atoms with Gasteiger partial charge in [0.1, 0.15) is 5.60 Å². The highest BCUT2D eigenvalue weighted by molar-refractivity contribution is 5.98. The van der Waals surface area contributed by atoms with Crippen LogP contribution in [-0.4, -0.2) is 17.6 Å². The van der Waals surface area contributed by atoms with Crippen LogP contribution in [0.3, 0.4) is 0 Å². The molecule has 0 aliphatic heterocycles. The van der Waals surface area contributed by atoms with Crippen LogP contribution in [0.15, 0.2) is 54.6 Å². The van der Waals surface area contributed by atoms with E-state index in [0.29, 0.717) is 6.42 Å². The van der Waals surface area contributed by atoms with Crippen LogP contribution in [-0.2, 0) is 16.0 Å². The van der Waals surface area contributed by atoms with Crippen LogP contribution >= 0.6 is 0 Å². The fraction of sp³-hybridized carbons (Fsp3) is 0.263. The van der Waals surface area contributed by atoms with Gasteiger partial charge in [0.25, 0.3) is 0 Å². The number of rotatable bonds is 5. The molecule has 24 heavy (non-hydrogen) atoms. The van der Waals surface area contributed by atoms with Crippen molar-refractivity contribution in [3.63, 3.8) is 0 Å². The first-order valence-electron chi connectivity index (χ1n) is 7.72. The highest BCUT2D eigenvalue weighted by atomic mass is 16.6. The summed E-state index contributed by atoms with van der Waals surface area (Å²) >= 11 is 0. The van der Waals surface area contributed by atoms with Crippen LogP contribution in [0.1, 0.15) is 26.3 Å². The van der Waals surface area contributed by atoms with Crippen LogP contribution in [0, 0.1) is 0 Å². The SMILES string of the molecule is CC(=O)N(c1ccccc1)c1ccc(CC(C)(C)OC(N)=O)cc1. The van der Waals surface area contributed by atoms with Gasteiger partial charge in [-0.3, -0.25) is 9.69 Å². The van der Waals surface area contributed by atoms with Crippen LogP contribution in [0.25, 0.3) is 0 Å². The number of ether oxygens (including phenoxy) is 1. The molecule has 2 aromatic carbocycles. The summed E-state index contributed by atoms with van der Waals surface area (Å²) in [6.07, 6.45) is -0.259. The molecular weight excluding hydrogens is 304 g/mol. The van der Waals surface area contributed by atoms with Gasteiger partial charge in [0.05, 0.1) is 0 Å². The third-order valence-electron chi connectivity index (χ3n) is 3.53. The van der Waals surface area contributed by atoms with Crippen LogP contribution < -0.4 is 10.6 Å². The van der Waals surface area contributed by atoms with Crippen molar-refractivity contribution in [3.8, 4) is 0 Å². The predicted molar refractivity (Wildman–Crippen MR) is 94.2 cm³/mol. The van der Waals surface area contributed by atoms with Gasteiger partial charge < -0.3 is 10.5 Å². The van der Waals surface area contributed by atoms with Gasteiger partial charge in [-0.2, -0.15) is 0 Å². The van der Waals surface area contributed by atoms with E-state index >= 15 is 0 Å². The Hall–Kier alpha value is -2.82. The van der Waals surface area contributed by atoms with Crippen LogP contribution in [0.4, 0.5) is 16.2 Å². The molecule has 2 aromatic rings. The van der Waals surface area contributed by atoms with E-state index in [1.165, 1.54) is 6.92 Å². The van der Waals surface area contributed by atoms with Crippen molar-refractivity contribution in [2.75, 3.05) is 4.90 Å². The van der Waals surface area contributed by atoms with E-state index < -0.39 is 11.7 Å². The topological polar surface area (TPSA) is 72.6 Å². The molecule has 0 spiro atoms. The number of carbonyl (C=O) groups is 2. The lowest BCUT2D eigenvalue weighted by Gasteiger charge is -2.25. The zero-order chi connectivity index (χ0) is 17.7. The van der Waals surface area contributed by atoms with Crippen molar-refractivity contribution in [1.82, 2.24) is 0 Å². The molecule has 0 radical (unpaired) electrons. The molecule has 0 aliphatic carbocycles. The van der Waals surface area contributed by atoms with Crippen LogP contribution in [0.5, 0.6) is 0 Å². The maximum atomic E-state index is 12.0. The van der Waals surface area contributed by atoms with Crippen molar-refractivity contribution in [1.29, 1.82) is 0 Å². The monoisotopic (exact) mass is 326 g/mol. The van der Waals surface area contributed by atoms with Gasteiger partial charge in [0.15, 0.2) is 0 Å². The zero-order valence-electron chi connectivity index (χ0n) is 14.2. The Morgan fingerprint density at radius 1 is 1.00 bits per heavy atom. The number of hydrogen-bond donors (Lipinski definition) is 1. The molecule has 0 heterocycles. The fourth-order valence-corrected chi connectivity index (χ4v) is 2.65. The van der Waals surface area contributed by atoms with Crippen molar-refractivity contribution in [2.45, 2.75) is 32.8 Å². The Morgan fingerprint density at radius 3 is 2.04 bits per heavy atom. The van der Waals surface area contributed by atoms with Gasteiger partial charge in [-0.25, -0.2) is 4.79 Å². The lowest BCUT2D eigenvalue weighted by molar-refractivity contribution is -0.115. The Bertz CT molecular complexity index is 709. The summed E-state index contributed by atoms with van der Waals surface area (Å²) in [7, 11) is 0. The third kappa shape index (κ3) is 4.59. The Morgan fingerprint density at radius 2 is 1.54 bits per heavy atom. The molecule has 0 atom stereocenters. The van der Waals surface area contributed by atoms with E-state index in [0.717, 1.165) is 16.9 Å². The number of nitrogens with two attached hydrogens (primary N) is 1. The molecule has 2 amide bonds. The lowest BCUT2D eigenvalue weighted by atomic mass is 9.98. The molecule has 0 aromatic heterocycles. The molecule has 5 heteroatoms. The standard InChI is InChI=1S/C19H22N2O3/c1-14(22)21(16-7-5-4-6-8-16)17-11-9-15(10-12-17)13-19(2,3)24-18(20)23/h4-12H,13H2,1-3H3,(H2,20,23). The van der Waals surface area contributed by atoms with Crippen molar-refractivity contribution in [2.24, 2.45) is 5.73 Å². The molecular formula is C19H22N2O3. The van der Waals surface area contributed by atoms with Gasteiger partial charge >= 0.3 is 6.09 Å². The zero-order valence-corrected chi connectivity index (χ0v) is 14.2. The molecule has 2 N–H and O–H groups in total. The lowest BCUT2D eigenvalue weighted by Crippen LogP contribution is -2.33. The second kappa shape index (κ2) is 7.17. The molecule has 126 valence electrons. The summed E-state index contributed by atoms with van der Waals surface area (Å²) in [5.74, 6) is -0.0636. The molecule has 2 rings (SSSR count). The first-order chi connectivity index (χ1) is 11.3. The second-order valence-corrected chi connectivity index (χ2v) is 6.21. The summed E-state index contributed by atoms with van der Waals surface area (Å²) in [6, 6.07) is 17.1. The van der Waals surface area contributed by atoms with E-state index in [1.807, 2.05) is 54.6 Å². The Labute approximate surface area is 142 Å². The fourth-order valence-electron chi connectivity index (χ4n) is 2.65. The first-order valence-corrected chi connectivity index (χ1v) is 7.72. The number of anilines is 2. The van der Waals surface area contributed by atoms with Gasteiger partial charge in [0.2, 0.25) is 5.91 Å². The maximum Gasteiger partial charge on any atom is 0.405 e. The van der Waals surface area contributed by atoms with E-state index in [9.17, 15) is 9.59 Å². The minimum absolute atomic E-state index is 0.0636. The minimum Gasteiger partial charge on any atom is -0.443 e. The quantitative estimate of drug-likeness (QED) is 0.908. The minimum atomic E-state index is -0.788.